The Morgan fingerprint density at radius 1 is 0.812 bits per heavy atom. The lowest BCUT2D eigenvalue weighted by Crippen LogP contribution is -2.15. The van der Waals surface area contributed by atoms with Gasteiger partial charge in [0.25, 0.3) is 0 Å². The molecular weight excluding hydrogens is 266 g/mol. The zero-order valence-corrected chi connectivity index (χ0v) is 8.55. The maximum atomic E-state index is 11.5. The van der Waals surface area contributed by atoms with Gasteiger partial charge in [0.2, 0.25) is 0 Å². The molecule has 10 heteroatoms. The van der Waals surface area contributed by atoms with Crippen LogP contribution in [0.5, 0.6) is 0 Å². The third-order valence-corrected chi connectivity index (χ3v) is 1.85. The zero-order chi connectivity index (χ0) is 12.8. The van der Waals surface area contributed by atoms with Gasteiger partial charge in [0.1, 0.15) is 0 Å². The lowest BCUT2D eigenvalue weighted by molar-refractivity contribution is -0.140. The highest BCUT2D eigenvalue weighted by Crippen LogP contribution is 2.20. The zero-order valence-electron chi connectivity index (χ0n) is 7.73. The van der Waals surface area contributed by atoms with Crippen LogP contribution >= 0.6 is 0 Å². The average molecular weight is 274 g/mol. The second-order valence-electron chi connectivity index (χ2n) is 2.58. The summed E-state index contributed by atoms with van der Waals surface area (Å²) < 4.78 is 87.8. The molecule has 0 amide bonds. The highest BCUT2D eigenvalue weighted by atomic mass is 32.2. The Morgan fingerprint density at radius 2 is 1.12 bits per heavy atom. The first kappa shape index (κ1) is 15.7. The summed E-state index contributed by atoms with van der Waals surface area (Å²) in [5.41, 5.74) is 0. The molecule has 98 valence electrons. The van der Waals surface area contributed by atoms with Crippen LogP contribution in [0.3, 0.4) is 0 Å². The maximum Gasteiger partial charge on any atom is 0.391 e. The second-order valence-corrected chi connectivity index (χ2v) is 3.46. The molecule has 0 atom stereocenters. The van der Waals surface area contributed by atoms with Crippen LogP contribution in [-0.4, -0.2) is 29.8 Å². The second kappa shape index (κ2) is 6.40. The van der Waals surface area contributed by atoms with Crippen molar-refractivity contribution in [2.75, 3.05) is 13.2 Å². The summed E-state index contributed by atoms with van der Waals surface area (Å²) in [4.78, 5) is 0. The summed E-state index contributed by atoms with van der Waals surface area (Å²) in [5, 5.41) is 0. The Morgan fingerprint density at radius 3 is 1.38 bits per heavy atom. The van der Waals surface area contributed by atoms with E-state index < -0.39 is 49.8 Å². The molecular formula is C6H8F6O3S. The van der Waals surface area contributed by atoms with Crippen molar-refractivity contribution in [3.8, 4) is 0 Å². The van der Waals surface area contributed by atoms with Gasteiger partial charge in [0, 0.05) is 0 Å². The van der Waals surface area contributed by atoms with E-state index in [1.54, 1.807) is 0 Å². The Hall–Kier alpha value is -0.350. The van der Waals surface area contributed by atoms with Crippen LogP contribution in [0.25, 0.3) is 0 Å². The van der Waals surface area contributed by atoms with Gasteiger partial charge in [-0.15, -0.1) is 0 Å². The van der Waals surface area contributed by atoms with Crippen molar-refractivity contribution in [2.24, 2.45) is 0 Å². The lowest BCUT2D eigenvalue weighted by Gasteiger charge is -2.07. The van der Waals surface area contributed by atoms with Crippen molar-refractivity contribution in [2.45, 2.75) is 25.2 Å². The summed E-state index contributed by atoms with van der Waals surface area (Å²) in [6.07, 6.45) is -11.6. The van der Waals surface area contributed by atoms with Gasteiger partial charge in [-0.05, 0) is 0 Å². The first-order valence-corrected chi connectivity index (χ1v) is 4.92. The molecule has 0 N–H and O–H groups in total. The van der Waals surface area contributed by atoms with E-state index in [-0.39, 0.29) is 0 Å². The summed E-state index contributed by atoms with van der Waals surface area (Å²) in [7, 11) is 0. The molecule has 3 nitrogen and oxygen atoms in total. The predicted octanol–water partition coefficient (Wildman–Crippen LogP) is 2.50. The molecule has 0 spiro atoms. The molecule has 0 aliphatic carbocycles. The molecule has 0 saturated heterocycles. The molecule has 0 saturated carbocycles. The van der Waals surface area contributed by atoms with Gasteiger partial charge in [0.05, 0.1) is 26.1 Å². The highest BCUT2D eigenvalue weighted by molar-refractivity contribution is 7.75. The van der Waals surface area contributed by atoms with E-state index in [9.17, 15) is 30.6 Å². The predicted molar refractivity (Wildman–Crippen MR) is 41.4 cm³/mol. The molecule has 0 bridgehead atoms. The van der Waals surface area contributed by atoms with Gasteiger partial charge in [-0.3, -0.25) is 8.37 Å². The smallest absolute Gasteiger partial charge is 0.268 e. The quantitative estimate of drug-likeness (QED) is 0.698. The van der Waals surface area contributed by atoms with Crippen molar-refractivity contribution in [1.29, 1.82) is 0 Å². The van der Waals surface area contributed by atoms with Crippen LogP contribution in [0.1, 0.15) is 12.8 Å². The van der Waals surface area contributed by atoms with Gasteiger partial charge in [-0.25, -0.2) is 0 Å². The Balaban J connectivity index is 3.53. The van der Waals surface area contributed by atoms with E-state index in [0.29, 0.717) is 0 Å². The van der Waals surface area contributed by atoms with Gasteiger partial charge < -0.3 is 0 Å². The van der Waals surface area contributed by atoms with E-state index in [2.05, 4.69) is 8.37 Å². The van der Waals surface area contributed by atoms with E-state index in [4.69, 9.17) is 0 Å². The normalized spacial score (nSPS) is 13.4. The van der Waals surface area contributed by atoms with Crippen molar-refractivity contribution in [3.63, 3.8) is 0 Å². The molecule has 0 heterocycles. The fourth-order valence-corrected chi connectivity index (χ4v) is 0.992. The maximum absolute atomic E-state index is 11.5. The van der Waals surface area contributed by atoms with Gasteiger partial charge in [-0.1, -0.05) is 0 Å². The average Bonchev–Trinajstić information content (AvgIpc) is 1.98. The van der Waals surface area contributed by atoms with E-state index in [1.807, 2.05) is 0 Å². The van der Waals surface area contributed by atoms with Crippen molar-refractivity contribution in [1.82, 2.24) is 0 Å². The summed E-state index contributed by atoms with van der Waals surface area (Å²) in [5.74, 6) is 0. The number of halogens is 6. The van der Waals surface area contributed by atoms with E-state index in [0.717, 1.165) is 0 Å². The summed E-state index contributed by atoms with van der Waals surface area (Å²) >= 11 is -2.59. The number of rotatable bonds is 6. The molecule has 0 rings (SSSR count). The van der Waals surface area contributed by atoms with Crippen LogP contribution in [-0.2, 0) is 19.7 Å². The van der Waals surface area contributed by atoms with Gasteiger partial charge in [-0.2, -0.15) is 30.6 Å². The number of hydrogen-bond donors (Lipinski definition) is 0. The minimum Gasteiger partial charge on any atom is -0.268 e. The molecule has 0 fully saturated rings. The van der Waals surface area contributed by atoms with E-state index >= 15 is 0 Å². The van der Waals surface area contributed by atoms with Crippen LogP contribution in [0.4, 0.5) is 26.3 Å². The lowest BCUT2D eigenvalue weighted by atomic mass is 10.5. The standard InChI is InChI=1S/C6H8F6O3S/c7-5(8,9)1-3-14-16(13)15-4-2-6(10,11)12/h1-4H2. The highest BCUT2D eigenvalue weighted by Gasteiger charge is 2.28. The molecule has 0 radical (unpaired) electrons. The monoisotopic (exact) mass is 274 g/mol. The number of alkyl halides is 6. The van der Waals surface area contributed by atoms with Crippen molar-refractivity contribution in [3.05, 3.63) is 0 Å². The fraction of sp³-hybridized carbons (Fsp3) is 1.00. The van der Waals surface area contributed by atoms with Crippen LogP contribution in [0.15, 0.2) is 0 Å². The minimum atomic E-state index is -4.48. The van der Waals surface area contributed by atoms with Crippen LogP contribution in [0, 0.1) is 0 Å². The SMILES string of the molecule is O=S(OCCC(F)(F)F)OCCC(F)(F)F. The third-order valence-electron chi connectivity index (χ3n) is 1.13. The third kappa shape index (κ3) is 11.7. The van der Waals surface area contributed by atoms with Crippen LogP contribution < -0.4 is 0 Å². The number of hydrogen-bond acceptors (Lipinski definition) is 3. The first-order valence-electron chi connectivity index (χ1n) is 3.92. The summed E-state index contributed by atoms with van der Waals surface area (Å²) in [6, 6.07) is 0. The van der Waals surface area contributed by atoms with E-state index in [1.165, 1.54) is 0 Å². The van der Waals surface area contributed by atoms with Gasteiger partial charge >= 0.3 is 23.7 Å². The van der Waals surface area contributed by atoms with Crippen LogP contribution in [0.2, 0.25) is 0 Å². The molecule has 0 aromatic rings. The molecule has 0 aromatic carbocycles. The first-order chi connectivity index (χ1) is 7.10. The minimum absolute atomic E-state index is 0.928. The molecule has 0 aliphatic heterocycles. The Bertz CT molecular complexity index is 203. The van der Waals surface area contributed by atoms with Gasteiger partial charge in [0.15, 0.2) is 0 Å². The van der Waals surface area contributed by atoms with Crippen molar-refractivity contribution >= 4 is 11.4 Å². The Kier molecular flexibility index (Phi) is 6.26. The largest absolute Gasteiger partial charge is 0.391 e. The Labute approximate surface area is 89.6 Å². The summed E-state index contributed by atoms with van der Waals surface area (Å²) in [6.45, 7) is -1.86. The molecule has 0 aliphatic rings. The molecule has 16 heavy (non-hydrogen) atoms. The van der Waals surface area contributed by atoms with Crippen molar-refractivity contribution < 1.29 is 38.9 Å². The fourth-order valence-electron chi connectivity index (χ4n) is 0.485. The molecule has 0 unspecified atom stereocenters. The molecule has 0 aromatic heterocycles. The topological polar surface area (TPSA) is 35.5 Å².